The monoisotopic (exact) mass is 458 g/mol. The zero-order chi connectivity index (χ0) is 23.1. The molecule has 32 heavy (non-hydrogen) atoms. The number of rotatable bonds is 9. The van der Waals surface area contributed by atoms with Crippen molar-refractivity contribution in [2.75, 3.05) is 25.0 Å². The largest absolute Gasteiger partial charge is 0.444 e. The number of anilines is 1. The number of hydrogen-bond donors (Lipinski definition) is 2. The van der Waals surface area contributed by atoms with Crippen molar-refractivity contribution >= 4 is 28.9 Å². The Morgan fingerprint density at radius 1 is 1.28 bits per heavy atom. The van der Waals surface area contributed by atoms with E-state index in [-0.39, 0.29) is 12.2 Å². The molecule has 7 nitrogen and oxygen atoms in total. The summed E-state index contributed by atoms with van der Waals surface area (Å²) in [5, 5.41) is 9.92. The molecule has 0 saturated carbocycles. The van der Waals surface area contributed by atoms with Crippen LogP contribution in [0.1, 0.15) is 62.2 Å². The normalized spacial score (nSPS) is 16.8. The molecule has 1 aliphatic heterocycles. The van der Waals surface area contributed by atoms with Crippen molar-refractivity contribution in [1.29, 1.82) is 0 Å². The van der Waals surface area contributed by atoms with Crippen LogP contribution < -0.4 is 10.6 Å². The highest BCUT2D eigenvalue weighted by Crippen LogP contribution is 2.23. The Balaban J connectivity index is 1.50. The quantitative estimate of drug-likeness (QED) is 0.539. The van der Waals surface area contributed by atoms with E-state index in [1.54, 1.807) is 17.6 Å². The van der Waals surface area contributed by atoms with Crippen molar-refractivity contribution in [3.05, 3.63) is 45.9 Å². The standard InChI is InChI=1S/C24H34N4O3S/c1-5-28-10-6-7-19(28)14-25-12-17-8-9-20(26-13-17)22(29)11-18-15-32-16-21(18)27-23(30)31-24(2,3)4/h8-9,13,15-16,19,25H,5-7,10-12,14H2,1-4H3,(H,27,30). The number of aromatic nitrogens is 1. The van der Waals surface area contributed by atoms with E-state index in [4.69, 9.17) is 4.74 Å². The summed E-state index contributed by atoms with van der Waals surface area (Å²) in [6.07, 6.45) is 3.94. The van der Waals surface area contributed by atoms with Gasteiger partial charge in [0.1, 0.15) is 11.3 Å². The molecule has 174 valence electrons. The van der Waals surface area contributed by atoms with Crippen LogP contribution in [0.2, 0.25) is 0 Å². The van der Waals surface area contributed by atoms with Crippen LogP contribution in [0.3, 0.4) is 0 Å². The first-order valence-electron chi connectivity index (χ1n) is 11.2. The summed E-state index contributed by atoms with van der Waals surface area (Å²) in [6, 6.07) is 4.34. The Labute approximate surface area is 194 Å². The zero-order valence-electron chi connectivity index (χ0n) is 19.4. The molecule has 0 radical (unpaired) electrons. The minimum atomic E-state index is -0.580. The summed E-state index contributed by atoms with van der Waals surface area (Å²) in [6.45, 7) is 11.6. The first kappa shape index (κ1) is 24.4. The van der Waals surface area contributed by atoms with Gasteiger partial charge in [0.2, 0.25) is 0 Å². The van der Waals surface area contributed by atoms with Gasteiger partial charge in [-0.1, -0.05) is 13.0 Å². The Hall–Kier alpha value is -2.29. The minimum absolute atomic E-state index is 0.0836. The molecule has 1 amide bonds. The van der Waals surface area contributed by atoms with E-state index in [1.807, 2.05) is 32.2 Å². The Morgan fingerprint density at radius 3 is 2.78 bits per heavy atom. The van der Waals surface area contributed by atoms with Crippen LogP contribution in [0.25, 0.3) is 0 Å². The number of pyridine rings is 1. The molecule has 0 aromatic carbocycles. The molecule has 0 bridgehead atoms. The highest BCUT2D eigenvalue weighted by atomic mass is 32.1. The smallest absolute Gasteiger partial charge is 0.412 e. The summed E-state index contributed by atoms with van der Waals surface area (Å²) in [5.41, 5.74) is 2.27. The Bertz CT molecular complexity index is 905. The SMILES string of the molecule is CCN1CCCC1CNCc1ccc(C(=O)Cc2cscc2NC(=O)OC(C)(C)C)nc1. The average molecular weight is 459 g/mol. The maximum Gasteiger partial charge on any atom is 0.412 e. The number of likely N-dealkylation sites (tertiary alicyclic amines) is 1. The number of ether oxygens (including phenoxy) is 1. The summed E-state index contributed by atoms with van der Waals surface area (Å²) in [4.78, 5) is 31.7. The number of carbonyl (C=O) groups is 2. The minimum Gasteiger partial charge on any atom is -0.444 e. The third-order valence-corrected chi connectivity index (χ3v) is 6.25. The number of nitrogens with zero attached hydrogens (tertiary/aromatic N) is 2. The highest BCUT2D eigenvalue weighted by Gasteiger charge is 2.22. The Morgan fingerprint density at radius 2 is 2.09 bits per heavy atom. The van der Waals surface area contributed by atoms with Crippen LogP contribution in [0.4, 0.5) is 10.5 Å². The van der Waals surface area contributed by atoms with Gasteiger partial charge in [-0.2, -0.15) is 0 Å². The second kappa shape index (κ2) is 11.0. The fourth-order valence-corrected chi connectivity index (χ4v) is 4.66. The summed E-state index contributed by atoms with van der Waals surface area (Å²) in [7, 11) is 0. The topological polar surface area (TPSA) is 83.6 Å². The van der Waals surface area contributed by atoms with E-state index in [2.05, 4.69) is 27.4 Å². The van der Waals surface area contributed by atoms with Gasteiger partial charge in [-0.15, -0.1) is 11.3 Å². The number of nitrogens with one attached hydrogen (secondary N) is 2. The molecule has 3 heterocycles. The molecule has 1 unspecified atom stereocenters. The van der Waals surface area contributed by atoms with Gasteiger partial charge >= 0.3 is 6.09 Å². The van der Waals surface area contributed by atoms with Crippen molar-refractivity contribution in [2.24, 2.45) is 0 Å². The lowest BCUT2D eigenvalue weighted by atomic mass is 10.1. The third-order valence-electron chi connectivity index (χ3n) is 5.45. The molecule has 1 saturated heterocycles. The molecule has 2 N–H and O–H groups in total. The van der Waals surface area contributed by atoms with E-state index in [0.717, 1.165) is 30.8 Å². The van der Waals surface area contributed by atoms with E-state index in [0.29, 0.717) is 17.4 Å². The van der Waals surface area contributed by atoms with Gasteiger partial charge in [-0.25, -0.2) is 4.79 Å². The van der Waals surface area contributed by atoms with Crippen molar-refractivity contribution in [1.82, 2.24) is 15.2 Å². The molecule has 3 rings (SSSR count). The van der Waals surface area contributed by atoms with E-state index in [1.165, 1.54) is 30.7 Å². The number of thiophene rings is 1. The highest BCUT2D eigenvalue weighted by molar-refractivity contribution is 7.08. The fraction of sp³-hybridized carbons (Fsp3) is 0.542. The van der Waals surface area contributed by atoms with Crippen LogP contribution in [0, 0.1) is 0 Å². The van der Waals surface area contributed by atoms with Gasteiger partial charge in [-0.05, 0) is 69.3 Å². The van der Waals surface area contributed by atoms with Crippen LogP contribution in [-0.2, 0) is 17.7 Å². The second-order valence-electron chi connectivity index (χ2n) is 9.14. The number of Topliss-reactive ketones (excluding diaryl/α,β-unsaturated/α-hetero) is 1. The lowest BCUT2D eigenvalue weighted by Gasteiger charge is -2.22. The van der Waals surface area contributed by atoms with Crippen molar-refractivity contribution < 1.29 is 14.3 Å². The van der Waals surface area contributed by atoms with Gasteiger partial charge in [0.05, 0.1) is 5.69 Å². The molecule has 0 aliphatic carbocycles. The summed E-state index contributed by atoms with van der Waals surface area (Å²) < 4.78 is 5.29. The van der Waals surface area contributed by atoms with Crippen molar-refractivity contribution in [2.45, 2.75) is 65.1 Å². The number of hydrogen-bond acceptors (Lipinski definition) is 7. The molecule has 2 aromatic rings. The van der Waals surface area contributed by atoms with Crippen molar-refractivity contribution in [3.8, 4) is 0 Å². The maximum atomic E-state index is 12.7. The van der Waals surface area contributed by atoms with Gasteiger partial charge in [0.25, 0.3) is 0 Å². The predicted molar refractivity (Wildman–Crippen MR) is 128 cm³/mol. The lowest BCUT2D eigenvalue weighted by molar-refractivity contribution is 0.0635. The number of amides is 1. The van der Waals surface area contributed by atoms with E-state index in [9.17, 15) is 9.59 Å². The lowest BCUT2D eigenvalue weighted by Crippen LogP contribution is -2.37. The van der Waals surface area contributed by atoms with Crippen LogP contribution >= 0.6 is 11.3 Å². The van der Waals surface area contributed by atoms with Crippen LogP contribution in [-0.4, -0.2) is 53.0 Å². The number of carbonyl (C=O) groups excluding carboxylic acids is 2. The first-order chi connectivity index (χ1) is 15.2. The third kappa shape index (κ3) is 7.12. The average Bonchev–Trinajstić information content (AvgIpc) is 3.36. The zero-order valence-corrected chi connectivity index (χ0v) is 20.3. The fourth-order valence-electron chi connectivity index (χ4n) is 3.87. The molecule has 1 aliphatic rings. The molecule has 1 fully saturated rings. The summed E-state index contributed by atoms with van der Waals surface area (Å²) >= 11 is 1.43. The van der Waals surface area contributed by atoms with Gasteiger partial charge < -0.3 is 10.1 Å². The van der Waals surface area contributed by atoms with E-state index < -0.39 is 11.7 Å². The van der Waals surface area contributed by atoms with Gasteiger partial charge in [-0.3, -0.25) is 20.0 Å². The summed E-state index contributed by atoms with van der Waals surface area (Å²) in [5.74, 6) is -0.0836. The molecule has 0 spiro atoms. The number of likely N-dealkylation sites (N-methyl/N-ethyl adjacent to an activating group) is 1. The second-order valence-corrected chi connectivity index (χ2v) is 9.89. The number of ketones is 1. The van der Waals surface area contributed by atoms with Crippen LogP contribution in [0.5, 0.6) is 0 Å². The molecule has 1 atom stereocenters. The van der Waals surface area contributed by atoms with Gasteiger partial charge in [0.15, 0.2) is 5.78 Å². The first-order valence-corrected chi connectivity index (χ1v) is 12.2. The van der Waals surface area contributed by atoms with Crippen LogP contribution in [0.15, 0.2) is 29.1 Å². The molecule has 2 aromatic heterocycles. The van der Waals surface area contributed by atoms with Crippen molar-refractivity contribution in [3.63, 3.8) is 0 Å². The van der Waals surface area contributed by atoms with Gasteiger partial charge in [0, 0.05) is 37.1 Å². The Kier molecular flexibility index (Phi) is 8.39. The predicted octanol–water partition coefficient (Wildman–Crippen LogP) is 4.49. The molecular formula is C24H34N4O3S. The maximum absolute atomic E-state index is 12.7. The molecular weight excluding hydrogens is 424 g/mol. The molecule has 8 heteroatoms. The van der Waals surface area contributed by atoms with E-state index >= 15 is 0 Å².